The van der Waals surface area contributed by atoms with Crippen LogP contribution in [0.25, 0.3) is 0 Å². The molecule has 0 radical (unpaired) electrons. The Bertz CT molecular complexity index is 519. The number of carbonyl (C=O) groups is 1. The predicted molar refractivity (Wildman–Crippen MR) is 71.9 cm³/mol. The van der Waals surface area contributed by atoms with Gasteiger partial charge in [0.15, 0.2) is 11.5 Å². The molecule has 2 rings (SSSR count). The Labute approximate surface area is 113 Å². The SMILES string of the molecule is C#CC1CC(=O)N(Cc2cccc(OC)c2OC)C1. The topological polar surface area (TPSA) is 38.8 Å². The first kappa shape index (κ1) is 13.3. The number of terminal acetylenes is 1. The van der Waals surface area contributed by atoms with E-state index in [1.807, 2.05) is 18.2 Å². The van der Waals surface area contributed by atoms with Crippen molar-refractivity contribution >= 4 is 5.91 Å². The molecule has 1 amide bonds. The van der Waals surface area contributed by atoms with Crippen molar-refractivity contribution in [1.82, 2.24) is 4.90 Å². The number of nitrogens with zero attached hydrogens (tertiary/aromatic N) is 1. The average Bonchev–Trinajstić information content (AvgIpc) is 2.79. The second kappa shape index (κ2) is 5.66. The second-order valence-corrected chi connectivity index (χ2v) is 4.49. The Morgan fingerprint density at radius 1 is 1.42 bits per heavy atom. The molecule has 0 spiro atoms. The highest BCUT2D eigenvalue weighted by molar-refractivity contribution is 5.79. The number of para-hydroxylation sites is 1. The van der Waals surface area contributed by atoms with Gasteiger partial charge < -0.3 is 14.4 Å². The number of hydrogen-bond acceptors (Lipinski definition) is 3. The lowest BCUT2D eigenvalue weighted by Crippen LogP contribution is -2.24. The van der Waals surface area contributed by atoms with E-state index in [1.165, 1.54) is 0 Å². The summed E-state index contributed by atoms with van der Waals surface area (Å²) in [6, 6.07) is 5.64. The number of likely N-dealkylation sites (tertiary alicyclic amines) is 1. The van der Waals surface area contributed by atoms with Gasteiger partial charge in [-0.25, -0.2) is 0 Å². The Morgan fingerprint density at radius 2 is 2.21 bits per heavy atom. The van der Waals surface area contributed by atoms with Gasteiger partial charge in [-0.2, -0.15) is 0 Å². The predicted octanol–water partition coefficient (Wildman–Crippen LogP) is 1.69. The van der Waals surface area contributed by atoms with Gasteiger partial charge in [0.1, 0.15) is 0 Å². The summed E-state index contributed by atoms with van der Waals surface area (Å²) >= 11 is 0. The number of hydrogen-bond donors (Lipinski definition) is 0. The highest BCUT2D eigenvalue weighted by atomic mass is 16.5. The Hall–Kier alpha value is -2.15. The maximum atomic E-state index is 11.9. The summed E-state index contributed by atoms with van der Waals surface area (Å²) < 4.78 is 10.6. The molecule has 1 unspecified atom stereocenters. The number of amides is 1. The lowest BCUT2D eigenvalue weighted by Gasteiger charge is -2.19. The van der Waals surface area contributed by atoms with E-state index in [4.69, 9.17) is 15.9 Å². The van der Waals surface area contributed by atoms with Crippen LogP contribution in [0, 0.1) is 18.3 Å². The van der Waals surface area contributed by atoms with Gasteiger partial charge in [-0.05, 0) is 6.07 Å². The van der Waals surface area contributed by atoms with Crippen molar-refractivity contribution in [3.63, 3.8) is 0 Å². The van der Waals surface area contributed by atoms with Crippen LogP contribution in [0.4, 0.5) is 0 Å². The minimum Gasteiger partial charge on any atom is -0.493 e. The molecular weight excluding hydrogens is 242 g/mol. The minimum absolute atomic E-state index is 0.0177. The van der Waals surface area contributed by atoms with Crippen LogP contribution in [-0.4, -0.2) is 31.6 Å². The molecule has 1 aliphatic heterocycles. The summed E-state index contributed by atoms with van der Waals surface area (Å²) in [4.78, 5) is 13.6. The molecule has 0 N–H and O–H groups in total. The van der Waals surface area contributed by atoms with Crippen molar-refractivity contribution in [2.24, 2.45) is 5.92 Å². The fraction of sp³-hybridized carbons (Fsp3) is 0.400. The van der Waals surface area contributed by atoms with E-state index < -0.39 is 0 Å². The van der Waals surface area contributed by atoms with Crippen molar-refractivity contribution in [3.8, 4) is 23.8 Å². The quantitative estimate of drug-likeness (QED) is 0.772. The molecule has 0 saturated carbocycles. The van der Waals surface area contributed by atoms with Crippen molar-refractivity contribution in [1.29, 1.82) is 0 Å². The molecule has 4 heteroatoms. The second-order valence-electron chi connectivity index (χ2n) is 4.49. The van der Waals surface area contributed by atoms with E-state index in [1.54, 1.807) is 19.1 Å². The maximum Gasteiger partial charge on any atom is 0.224 e. The lowest BCUT2D eigenvalue weighted by atomic mass is 10.1. The fourth-order valence-electron chi connectivity index (χ4n) is 2.32. The van der Waals surface area contributed by atoms with E-state index in [0.29, 0.717) is 31.0 Å². The smallest absolute Gasteiger partial charge is 0.224 e. The Balaban J connectivity index is 2.20. The van der Waals surface area contributed by atoms with Gasteiger partial charge in [0.25, 0.3) is 0 Å². The molecule has 0 bridgehead atoms. The highest BCUT2D eigenvalue weighted by Gasteiger charge is 2.29. The molecule has 19 heavy (non-hydrogen) atoms. The van der Waals surface area contributed by atoms with Gasteiger partial charge in [0, 0.05) is 31.0 Å². The summed E-state index contributed by atoms with van der Waals surface area (Å²) in [5.74, 6) is 4.09. The van der Waals surface area contributed by atoms with E-state index in [2.05, 4.69) is 5.92 Å². The van der Waals surface area contributed by atoms with Crippen LogP contribution < -0.4 is 9.47 Å². The van der Waals surface area contributed by atoms with Gasteiger partial charge in [-0.1, -0.05) is 12.1 Å². The third kappa shape index (κ3) is 2.65. The van der Waals surface area contributed by atoms with Crippen molar-refractivity contribution in [3.05, 3.63) is 23.8 Å². The maximum absolute atomic E-state index is 11.9. The molecule has 0 aromatic heterocycles. The number of benzene rings is 1. The van der Waals surface area contributed by atoms with Crippen LogP contribution in [0.5, 0.6) is 11.5 Å². The van der Waals surface area contributed by atoms with Crippen LogP contribution in [-0.2, 0) is 11.3 Å². The van der Waals surface area contributed by atoms with Crippen LogP contribution >= 0.6 is 0 Å². The molecular formula is C15H17NO3. The summed E-state index contributed by atoms with van der Waals surface area (Å²) in [7, 11) is 3.19. The summed E-state index contributed by atoms with van der Waals surface area (Å²) in [5.41, 5.74) is 0.924. The van der Waals surface area contributed by atoms with Gasteiger partial charge in [0.2, 0.25) is 5.91 Å². The molecule has 1 atom stereocenters. The summed E-state index contributed by atoms with van der Waals surface area (Å²) in [6.07, 6.45) is 5.81. The summed E-state index contributed by atoms with van der Waals surface area (Å²) in [5, 5.41) is 0. The zero-order chi connectivity index (χ0) is 13.8. The lowest BCUT2D eigenvalue weighted by molar-refractivity contribution is -0.128. The van der Waals surface area contributed by atoms with Crippen LogP contribution in [0.1, 0.15) is 12.0 Å². The van der Waals surface area contributed by atoms with Gasteiger partial charge in [-0.15, -0.1) is 12.3 Å². The third-order valence-electron chi connectivity index (χ3n) is 3.30. The van der Waals surface area contributed by atoms with E-state index >= 15 is 0 Å². The van der Waals surface area contributed by atoms with Gasteiger partial charge in [-0.3, -0.25) is 4.79 Å². The monoisotopic (exact) mass is 259 g/mol. The fourth-order valence-corrected chi connectivity index (χ4v) is 2.32. The molecule has 100 valence electrons. The zero-order valence-electron chi connectivity index (χ0n) is 11.2. The third-order valence-corrected chi connectivity index (χ3v) is 3.30. The van der Waals surface area contributed by atoms with E-state index in [-0.39, 0.29) is 11.8 Å². The number of rotatable bonds is 4. The van der Waals surface area contributed by atoms with Crippen molar-refractivity contribution < 1.29 is 14.3 Å². The average molecular weight is 259 g/mol. The van der Waals surface area contributed by atoms with Crippen LogP contribution in [0.15, 0.2) is 18.2 Å². The zero-order valence-corrected chi connectivity index (χ0v) is 11.2. The van der Waals surface area contributed by atoms with Crippen LogP contribution in [0.3, 0.4) is 0 Å². The number of carbonyl (C=O) groups excluding carboxylic acids is 1. The molecule has 1 aromatic carbocycles. The molecule has 1 heterocycles. The van der Waals surface area contributed by atoms with E-state index in [0.717, 1.165) is 5.56 Å². The largest absolute Gasteiger partial charge is 0.493 e. The van der Waals surface area contributed by atoms with Gasteiger partial charge >= 0.3 is 0 Å². The number of ether oxygens (including phenoxy) is 2. The first-order valence-corrected chi connectivity index (χ1v) is 6.13. The minimum atomic E-state index is 0.0177. The molecule has 1 saturated heterocycles. The Morgan fingerprint density at radius 3 is 2.79 bits per heavy atom. The molecule has 1 aliphatic rings. The molecule has 1 fully saturated rings. The first-order valence-electron chi connectivity index (χ1n) is 6.13. The number of methoxy groups -OCH3 is 2. The van der Waals surface area contributed by atoms with Crippen molar-refractivity contribution in [2.45, 2.75) is 13.0 Å². The normalized spacial score (nSPS) is 18.3. The molecule has 0 aliphatic carbocycles. The first-order chi connectivity index (χ1) is 9.19. The molecule has 1 aromatic rings. The summed E-state index contributed by atoms with van der Waals surface area (Å²) in [6.45, 7) is 1.10. The molecule has 4 nitrogen and oxygen atoms in total. The van der Waals surface area contributed by atoms with Crippen molar-refractivity contribution in [2.75, 3.05) is 20.8 Å². The van der Waals surface area contributed by atoms with Gasteiger partial charge in [0.05, 0.1) is 14.2 Å². The Kier molecular flexibility index (Phi) is 3.96. The van der Waals surface area contributed by atoms with E-state index in [9.17, 15) is 4.79 Å². The standard InChI is InChI=1S/C15H17NO3/c1-4-11-8-14(17)16(9-11)10-12-6-5-7-13(18-2)15(12)19-3/h1,5-7,11H,8-10H2,2-3H3. The highest BCUT2D eigenvalue weighted by Crippen LogP contribution is 2.32. The van der Waals surface area contributed by atoms with Crippen LogP contribution in [0.2, 0.25) is 0 Å².